The summed E-state index contributed by atoms with van der Waals surface area (Å²) in [5.74, 6) is 0. The minimum atomic E-state index is -3.72. The molecule has 0 unspecified atom stereocenters. The Morgan fingerprint density at radius 1 is 0.800 bits per heavy atom. The van der Waals surface area contributed by atoms with Crippen LogP contribution in [0.1, 0.15) is 60.8 Å². The van der Waals surface area contributed by atoms with Crippen LogP contribution in [0.15, 0.2) is 0 Å². The molecule has 2 nitrogen and oxygen atoms in total. The third kappa shape index (κ3) is 243. The van der Waals surface area contributed by atoms with E-state index in [0.717, 1.165) is 0 Å². The largest absolute Gasteiger partial charge is 2.00 e. The van der Waals surface area contributed by atoms with Crippen molar-refractivity contribution < 1.29 is 68.2 Å². The SMILES string of the molecule is C[CH-]CC.C[CH-]CC.C[CH-]CC.[O-]P([O-])(=S)[S-].[Zn+2].[Zn+2].[Zn+2]. The molecule has 0 aliphatic heterocycles. The standard InChI is InChI=1S/3C4H9.H3O2PS2.3Zn/c3*1-3-4-2;1-3(2,4)5;;;/h3*3H,4H2,1-2H3;(H3,1,2,4,5);;;/q3*-1;;3*+2/p-3. The zero-order valence-electron chi connectivity index (χ0n) is 14.1. The van der Waals surface area contributed by atoms with Crippen molar-refractivity contribution >= 4 is 29.7 Å². The third-order valence-corrected chi connectivity index (χ3v) is 1.22. The van der Waals surface area contributed by atoms with E-state index in [1.54, 1.807) is 0 Å². The third-order valence-electron chi connectivity index (χ3n) is 1.22. The molecular formula is C12H27O2PS2Zn3. The molecule has 0 rings (SSSR count). The van der Waals surface area contributed by atoms with E-state index in [1.807, 2.05) is 0 Å². The van der Waals surface area contributed by atoms with Crippen LogP contribution in [0.25, 0.3) is 0 Å². The summed E-state index contributed by atoms with van der Waals surface area (Å²) in [6, 6.07) is 0. The molecule has 0 heterocycles. The molecule has 0 aliphatic rings. The molecule has 0 spiro atoms. The first-order valence-corrected chi connectivity index (χ1v) is 9.46. The first-order chi connectivity index (χ1) is 7.74. The van der Waals surface area contributed by atoms with Gasteiger partial charge in [-0.25, -0.2) is 0 Å². The van der Waals surface area contributed by atoms with Gasteiger partial charge in [0.05, 0.1) is 0 Å². The maximum absolute atomic E-state index is 9.29. The Kier molecular flexibility index (Phi) is 93.4. The number of hydrogen-bond donors (Lipinski definition) is 0. The zero-order valence-corrected chi connectivity index (χ0v) is 25.5. The molecule has 0 aromatic rings. The van der Waals surface area contributed by atoms with Gasteiger partial charge in [-0.05, 0) is 0 Å². The van der Waals surface area contributed by atoms with Crippen LogP contribution in [-0.2, 0) is 82.5 Å². The van der Waals surface area contributed by atoms with Gasteiger partial charge < -0.3 is 47.0 Å². The van der Waals surface area contributed by atoms with Crippen LogP contribution in [0.2, 0.25) is 0 Å². The molecule has 110 valence electrons. The molecule has 0 aromatic carbocycles. The fourth-order valence-corrected chi connectivity index (χ4v) is 0. The fourth-order valence-electron chi connectivity index (χ4n) is 0. The average molecular weight is 495 g/mol. The van der Waals surface area contributed by atoms with Gasteiger partial charge in [0.25, 0.3) is 0 Å². The maximum atomic E-state index is 9.29. The number of hydrogen-bond acceptors (Lipinski definition) is 4. The van der Waals surface area contributed by atoms with Gasteiger partial charge in [0, 0.05) is 0 Å². The Morgan fingerprint density at radius 3 is 0.850 bits per heavy atom. The van der Waals surface area contributed by atoms with Crippen LogP contribution in [0.4, 0.5) is 0 Å². The second kappa shape index (κ2) is 43.1. The van der Waals surface area contributed by atoms with Crippen LogP contribution >= 0.6 is 5.69 Å². The fraction of sp³-hybridized carbons (Fsp3) is 0.750. The molecule has 0 saturated carbocycles. The summed E-state index contributed by atoms with van der Waals surface area (Å²) < 4.78 is 0. The smallest absolute Gasteiger partial charge is 0.850 e. The zero-order chi connectivity index (χ0) is 14.7. The maximum Gasteiger partial charge on any atom is 2.00 e. The summed E-state index contributed by atoms with van der Waals surface area (Å²) in [4.78, 5) is 18.6. The average Bonchev–Trinajstić information content (AvgIpc) is 2.27. The van der Waals surface area contributed by atoms with E-state index in [9.17, 15) is 9.79 Å². The molecule has 0 amide bonds. The van der Waals surface area contributed by atoms with Crippen LogP contribution in [0, 0.1) is 19.3 Å². The Labute approximate surface area is 176 Å². The number of unbranched alkanes of at least 4 members (excludes halogenated alkanes) is 3. The van der Waals surface area contributed by atoms with Gasteiger partial charge in [-0.1, -0.05) is 20.8 Å². The Bertz CT molecular complexity index is 127. The first-order valence-electron chi connectivity index (χ1n) is 5.81. The van der Waals surface area contributed by atoms with Crippen LogP contribution in [0.3, 0.4) is 0 Å². The second-order valence-corrected chi connectivity index (χ2v) is 7.37. The van der Waals surface area contributed by atoms with Crippen LogP contribution in [-0.4, -0.2) is 0 Å². The van der Waals surface area contributed by atoms with Crippen molar-refractivity contribution in [3.05, 3.63) is 19.3 Å². The van der Waals surface area contributed by atoms with Gasteiger partial charge in [-0.15, -0.1) is 0 Å². The topological polar surface area (TPSA) is 46.1 Å². The van der Waals surface area contributed by atoms with Crippen LogP contribution < -0.4 is 9.79 Å². The predicted octanol–water partition coefficient (Wildman–Crippen LogP) is 3.33. The number of rotatable bonds is 3. The molecule has 0 aliphatic carbocycles. The monoisotopic (exact) mass is 490 g/mol. The summed E-state index contributed by atoms with van der Waals surface area (Å²) >= 11 is 7.28. The Hall–Kier alpha value is 2.79. The van der Waals surface area contributed by atoms with E-state index < -0.39 is 5.69 Å². The summed E-state index contributed by atoms with van der Waals surface area (Å²) in [5.41, 5.74) is -3.72. The van der Waals surface area contributed by atoms with E-state index >= 15 is 0 Å². The predicted molar refractivity (Wildman–Crippen MR) is 82.4 cm³/mol. The molecule has 0 radical (unpaired) electrons. The summed E-state index contributed by atoms with van der Waals surface area (Å²) in [6.45, 7) is 12.5. The molecule has 0 fully saturated rings. The van der Waals surface area contributed by atoms with Crippen molar-refractivity contribution in [2.24, 2.45) is 0 Å². The van der Waals surface area contributed by atoms with Crippen molar-refractivity contribution in [2.75, 3.05) is 0 Å². The van der Waals surface area contributed by atoms with Gasteiger partial charge in [-0.3, -0.25) is 0 Å². The Morgan fingerprint density at radius 2 is 0.850 bits per heavy atom. The van der Waals surface area contributed by atoms with Gasteiger partial charge >= 0.3 is 58.4 Å². The first kappa shape index (κ1) is 43.4. The minimum absolute atomic E-state index is 0. The van der Waals surface area contributed by atoms with E-state index in [2.05, 4.69) is 84.9 Å². The molecular weight excluding hydrogens is 467 g/mol. The second-order valence-electron chi connectivity index (χ2n) is 2.90. The molecule has 0 bridgehead atoms. The summed E-state index contributed by atoms with van der Waals surface area (Å²) in [6.07, 6.45) is 9.96. The quantitative estimate of drug-likeness (QED) is 0.261. The van der Waals surface area contributed by atoms with Gasteiger partial charge in [0.2, 0.25) is 0 Å². The summed E-state index contributed by atoms with van der Waals surface area (Å²) in [7, 11) is 0. The van der Waals surface area contributed by atoms with Crippen molar-refractivity contribution in [1.82, 2.24) is 0 Å². The molecule has 0 N–H and O–H groups in total. The van der Waals surface area contributed by atoms with Gasteiger partial charge in [0.1, 0.15) is 0 Å². The molecule has 0 saturated heterocycles. The molecule has 0 atom stereocenters. The summed E-state index contributed by atoms with van der Waals surface area (Å²) in [5, 5.41) is 0. The van der Waals surface area contributed by atoms with E-state index in [1.165, 1.54) is 19.3 Å². The van der Waals surface area contributed by atoms with Crippen molar-refractivity contribution in [3.63, 3.8) is 0 Å². The Balaban J connectivity index is -0.0000000216. The van der Waals surface area contributed by atoms with Gasteiger partial charge in [-0.2, -0.15) is 51.8 Å². The molecule has 20 heavy (non-hydrogen) atoms. The van der Waals surface area contributed by atoms with Crippen molar-refractivity contribution in [2.45, 2.75) is 60.8 Å². The minimum Gasteiger partial charge on any atom is -0.850 e. The van der Waals surface area contributed by atoms with Crippen molar-refractivity contribution in [1.29, 1.82) is 0 Å². The van der Waals surface area contributed by atoms with Crippen molar-refractivity contribution in [3.8, 4) is 0 Å². The van der Waals surface area contributed by atoms with E-state index in [0.29, 0.717) is 0 Å². The molecule has 0 aromatic heterocycles. The molecule has 8 heteroatoms. The van der Waals surface area contributed by atoms with E-state index in [-0.39, 0.29) is 58.4 Å². The normalized spacial score (nSPS) is 7.45. The van der Waals surface area contributed by atoms with Crippen LogP contribution in [0.5, 0.6) is 0 Å². The van der Waals surface area contributed by atoms with E-state index in [4.69, 9.17) is 0 Å². The van der Waals surface area contributed by atoms with Gasteiger partial charge in [0.15, 0.2) is 0 Å².